The maximum atomic E-state index is 12.7. The third-order valence-electron chi connectivity index (χ3n) is 4.59. The zero-order valence-electron chi connectivity index (χ0n) is 16.9. The molecule has 2 aromatic rings. The van der Waals surface area contributed by atoms with Crippen LogP contribution in [0.4, 0.5) is 5.69 Å². The Hall–Kier alpha value is -3.19. The number of carbonyl (C=O) groups excluding carboxylic acids is 3. The SMILES string of the molecule is CCCNc1ccc(-c2ccc(C(=O)N(C)C(C(=O)CO)C(=O)NC)cc2)cc1. The molecule has 7 nitrogen and oxygen atoms in total. The summed E-state index contributed by atoms with van der Waals surface area (Å²) in [7, 11) is 2.74. The molecule has 0 saturated carbocycles. The average Bonchev–Trinajstić information content (AvgIpc) is 2.77. The number of benzene rings is 2. The number of aliphatic hydroxyl groups is 1. The van der Waals surface area contributed by atoms with Crippen LogP contribution in [0.2, 0.25) is 0 Å². The maximum Gasteiger partial charge on any atom is 0.254 e. The van der Waals surface area contributed by atoms with Crippen LogP contribution in [-0.2, 0) is 9.59 Å². The van der Waals surface area contributed by atoms with Crippen molar-refractivity contribution in [1.29, 1.82) is 0 Å². The van der Waals surface area contributed by atoms with Crippen LogP contribution in [0.3, 0.4) is 0 Å². The zero-order chi connectivity index (χ0) is 21.4. The van der Waals surface area contributed by atoms with Gasteiger partial charge in [-0.15, -0.1) is 0 Å². The van der Waals surface area contributed by atoms with E-state index in [4.69, 9.17) is 5.11 Å². The van der Waals surface area contributed by atoms with Gasteiger partial charge < -0.3 is 20.6 Å². The third kappa shape index (κ3) is 5.42. The first-order valence-corrected chi connectivity index (χ1v) is 9.49. The van der Waals surface area contributed by atoms with Gasteiger partial charge in [0.25, 0.3) is 5.91 Å². The number of nitrogens with zero attached hydrogens (tertiary/aromatic N) is 1. The lowest BCUT2D eigenvalue weighted by Crippen LogP contribution is -2.52. The Kier molecular flexibility index (Phi) is 7.91. The molecule has 0 aliphatic rings. The van der Waals surface area contributed by atoms with Crippen molar-refractivity contribution < 1.29 is 19.5 Å². The molecule has 0 bridgehead atoms. The van der Waals surface area contributed by atoms with Crippen LogP contribution in [0, 0.1) is 0 Å². The van der Waals surface area contributed by atoms with Crippen molar-refractivity contribution >= 4 is 23.3 Å². The Labute approximate surface area is 170 Å². The van der Waals surface area contributed by atoms with Crippen molar-refractivity contribution in [2.24, 2.45) is 0 Å². The van der Waals surface area contributed by atoms with Gasteiger partial charge >= 0.3 is 0 Å². The van der Waals surface area contributed by atoms with Gasteiger partial charge in [-0.2, -0.15) is 0 Å². The number of rotatable bonds is 9. The van der Waals surface area contributed by atoms with Crippen molar-refractivity contribution in [2.75, 3.05) is 32.6 Å². The minimum Gasteiger partial charge on any atom is -0.388 e. The van der Waals surface area contributed by atoms with Gasteiger partial charge in [-0.05, 0) is 41.8 Å². The van der Waals surface area contributed by atoms with Gasteiger partial charge in [0.05, 0.1) is 0 Å². The topological polar surface area (TPSA) is 98.7 Å². The minimum atomic E-state index is -1.37. The fraction of sp³-hybridized carbons (Fsp3) is 0.318. The van der Waals surface area contributed by atoms with E-state index in [-0.39, 0.29) is 0 Å². The van der Waals surface area contributed by atoms with Crippen molar-refractivity contribution in [3.8, 4) is 11.1 Å². The average molecular weight is 397 g/mol. The van der Waals surface area contributed by atoms with E-state index in [2.05, 4.69) is 17.6 Å². The highest BCUT2D eigenvalue weighted by Crippen LogP contribution is 2.22. The zero-order valence-corrected chi connectivity index (χ0v) is 16.9. The van der Waals surface area contributed by atoms with Gasteiger partial charge in [0.15, 0.2) is 11.8 Å². The number of nitrogens with one attached hydrogen (secondary N) is 2. The lowest BCUT2D eigenvalue weighted by atomic mass is 10.0. The smallest absolute Gasteiger partial charge is 0.254 e. The van der Waals surface area contributed by atoms with E-state index in [1.54, 1.807) is 12.1 Å². The monoisotopic (exact) mass is 397 g/mol. The highest BCUT2D eigenvalue weighted by atomic mass is 16.3. The lowest BCUT2D eigenvalue weighted by Gasteiger charge is -2.25. The van der Waals surface area contributed by atoms with Gasteiger partial charge in [0, 0.05) is 31.9 Å². The van der Waals surface area contributed by atoms with Gasteiger partial charge in [0.2, 0.25) is 5.91 Å². The van der Waals surface area contributed by atoms with E-state index >= 15 is 0 Å². The van der Waals surface area contributed by atoms with Gasteiger partial charge in [-0.3, -0.25) is 14.4 Å². The molecule has 1 atom stereocenters. The first kappa shape index (κ1) is 22.1. The molecule has 2 amide bonds. The van der Waals surface area contributed by atoms with E-state index in [9.17, 15) is 14.4 Å². The molecule has 0 aliphatic heterocycles. The largest absolute Gasteiger partial charge is 0.388 e. The van der Waals surface area contributed by atoms with Crippen LogP contribution >= 0.6 is 0 Å². The third-order valence-corrected chi connectivity index (χ3v) is 4.59. The molecule has 29 heavy (non-hydrogen) atoms. The summed E-state index contributed by atoms with van der Waals surface area (Å²) in [5.41, 5.74) is 3.36. The molecule has 0 aromatic heterocycles. The minimum absolute atomic E-state index is 0.345. The van der Waals surface area contributed by atoms with E-state index < -0.39 is 30.2 Å². The molecular formula is C22H27N3O4. The summed E-state index contributed by atoms with van der Waals surface area (Å²) in [6.07, 6.45) is 1.05. The van der Waals surface area contributed by atoms with Gasteiger partial charge in [-0.25, -0.2) is 0 Å². The molecule has 7 heteroatoms. The number of Topliss-reactive ketones (excluding diaryl/α,β-unsaturated/α-hetero) is 1. The van der Waals surface area contributed by atoms with E-state index in [1.165, 1.54) is 14.1 Å². The molecule has 0 fully saturated rings. The molecule has 2 rings (SSSR count). The summed E-state index contributed by atoms with van der Waals surface area (Å²) in [6.45, 7) is 2.20. The summed E-state index contributed by atoms with van der Waals surface area (Å²) in [4.78, 5) is 37.7. The summed E-state index contributed by atoms with van der Waals surface area (Å²) >= 11 is 0. The van der Waals surface area contributed by atoms with Crippen molar-refractivity contribution in [3.05, 3.63) is 54.1 Å². The first-order chi connectivity index (χ1) is 13.9. The molecule has 154 valence electrons. The van der Waals surface area contributed by atoms with Crippen LogP contribution in [-0.4, -0.2) is 60.9 Å². The molecule has 0 spiro atoms. The number of ketones is 1. The van der Waals surface area contributed by atoms with E-state index in [0.717, 1.165) is 34.7 Å². The maximum absolute atomic E-state index is 12.7. The number of hydrogen-bond donors (Lipinski definition) is 3. The summed E-state index contributed by atoms with van der Waals surface area (Å²) < 4.78 is 0. The fourth-order valence-corrected chi connectivity index (χ4v) is 2.94. The predicted octanol–water partition coefficient (Wildman–Crippen LogP) is 1.92. The Morgan fingerprint density at radius 3 is 2.03 bits per heavy atom. The second-order valence-electron chi connectivity index (χ2n) is 6.64. The van der Waals surface area contributed by atoms with Crippen LogP contribution < -0.4 is 10.6 Å². The predicted molar refractivity (Wildman–Crippen MR) is 113 cm³/mol. The highest BCUT2D eigenvalue weighted by Gasteiger charge is 2.32. The quantitative estimate of drug-likeness (QED) is 0.562. The van der Waals surface area contributed by atoms with Crippen molar-refractivity contribution in [1.82, 2.24) is 10.2 Å². The van der Waals surface area contributed by atoms with Crippen LogP contribution in [0.25, 0.3) is 11.1 Å². The van der Waals surface area contributed by atoms with E-state index in [1.807, 2.05) is 36.4 Å². The van der Waals surface area contributed by atoms with Crippen LogP contribution in [0.1, 0.15) is 23.7 Å². The number of carbonyl (C=O) groups is 3. The Balaban J connectivity index is 2.17. The molecule has 0 radical (unpaired) electrons. The Morgan fingerprint density at radius 2 is 1.55 bits per heavy atom. The van der Waals surface area contributed by atoms with Crippen molar-refractivity contribution in [2.45, 2.75) is 19.4 Å². The molecule has 0 aliphatic carbocycles. The number of anilines is 1. The normalized spacial score (nSPS) is 11.4. The summed E-state index contributed by atoms with van der Waals surface area (Å²) in [5.74, 6) is -1.87. The Morgan fingerprint density at radius 1 is 1.00 bits per heavy atom. The number of likely N-dealkylation sites (N-methyl/N-ethyl adjacent to an activating group) is 2. The lowest BCUT2D eigenvalue weighted by molar-refractivity contribution is -0.135. The summed E-state index contributed by atoms with van der Waals surface area (Å²) in [6, 6.07) is 13.6. The van der Waals surface area contributed by atoms with Crippen LogP contribution in [0.5, 0.6) is 0 Å². The molecule has 2 aromatic carbocycles. The number of hydrogen-bond acceptors (Lipinski definition) is 5. The highest BCUT2D eigenvalue weighted by molar-refractivity contribution is 6.10. The van der Waals surface area contributed by atoms with Gasteiger partial charge in [-0.1, -0.05) is 31.2 Å². The fourth-order valence-electron chi connectivity index (χ4n) is 2.94. The number of amides is 2. The molecular weight excluding hydrogens is 370 g/mol. The number of aliphatic hydroxyl groups excluding tert-OH is 1. The molecule has 0 saturated heterocycles. The van der Waals surface area contributed by atoms with Crippen molar-refractivity contribution in [3.63, 3.8) is 0 Å². The second kappa shape index (κ2) is 10.4. The van der Waals surface area contributed by atoms with E-state index in [0.29, 0.717) is 5.56 Å². The summed E-state index contributed by atoms with van der Waals surface area (Å²) in [5, 5.41) is 14.8. The first-order valence-electron chi connectivity index (χ1n) is 9.49. The standard InChI is InChI=1S/C22H27N3O4/c1-4-13-24-18-11-9-16(10-12-18)15-5-7-17(8-6-15)22(29)25(3)20(19(27)14-26)21(28)23-2/h5-12,20,24,26H,4,13-14H2,1-3H3,(H,23,28). The molecule has 1 unspecified atom stereocenters. The van der Waals surface area contributed by atoms with Gasteiger partial charge in [0.1, 0.15) is 6.61 Å². The van der Waals surface area contributed by atoms with Crippen LogP contribution in [0.15, 0.2) is 48.5 Å². The molecule has 3 N–H and O–H groups in total. The Bertz CT molecular complexity index is 831. The molecule has 0 heterocycles. The second-order valence-corrected chi connectivity index (χ2v) is 6.64.